The minimum atomic E-state index is 0.891. The topological polar surface area (TPSA) is 41.0 Å². The van der Waals surface area contributed by atoms with E-state index in [-0.39, 0.29) is 0 Å². The van der Waals surface area contributed by atoms with Crippen molar-refractivity contribution < 1.29 is 0 Å². The Labute approximate surface area is 110 Å². The van der Waals surface area contributed by atoms with Crippen molar-refractivity contribution in [3.63, 3.8) is 0 Å². The van der Waals surface area contributed by atoms with Crippen LogP contribution >= 0.6 is 0 Å². The first kappa shape index (κ1) is 13.1. The van der Waals surface area contributed by atoms with Crippen molar-refractivity contribution in [2.24, 2.45) is 5.92 Å². The molecular weight excluding hydrogens is 224 g/mol. The molecule has 1 aliphatic rings. The smallest absolute Gasteiger partial charge is 0.133 e. The van der Waals surface area contributed by atoms with Crippen LogP contribution in [0.5, 0.6) is 0 Å². The molecule has 2 rings (SSSR count). The molecule has 0 bridgehead atoms. The van der Waals surface area contributed by atoms with E-state index in [1.54, 1.807) is 6.33 Å². The zero-order chi connectivity index (χ0) is 12.8. The van der Waals surface area contributed by atoms with Gasteiger partial charge in [-0.05, 0) is 19.3 Å². The maximum atomic E-state index is 4.34. The molecule has 1 fully saturated rings. The highest BCUT2D eigenvalue weighted by Crippen LogP contribution is 2.28. The molecule has 0 radical (unpaired) electrons. The van der Waals surface area contributed by atoms with E-state index in [1.807, 2.05) is 6.07 Å². The number of anilines is 2. The third kappa shape index (κ3) is 3.59. The quantitative estimate of drug-likeness (QED) is 0.840. The minimum absolute atomic E-state index is 0.891. The van der Waals surface area contributed by atoms with Gasteiger partial charge in [-0.25, -0.2) is 9.97 Å². The number of nitrogens with zero attached hydrogens (tertiary/aromatic N) is 3. The zero-order valence-electron chi connectivity index (χ0n) is 11.5. The van der Waals surface area contributed by atoms with Crippen LogP contribution in [0.3, 0.4) is 0 Å². The van der Waals surface area contributed by atoms with E-state index >= 15 is 0 Å². The monoisotopic (exact) mass is 248 g/mol. The highest BCUT2D eigenvalue weighted by molar-refractivity contribution is 5.47. The van der Waals surface area contributed by atoms with Gasteiger partial charge in [0.25, 0.3) is 0 Å². The largest absolute Gasteiger partial charge is 0.370 e. The van der Waals surface area contributed by atoms with Crippen LogP contribution in [0.15, 0.2) is 12.4 Å². The maximum Gasteiger partial charge on any atom is 0.133 e. The zero-order valence-corrected chi connectivity index (χ0v) is 11.5. The molecule has 1 aromatic rings. The predicted molar refractivity (Wildman–Crippen MR) is 76.0 cm³/mol. The SMILES string of the molecule is CCNc1cc(N(C)CCC2CCCC2)ncn1. The van der Waals surface area contributed by atoms with E-state index < -0.39 is 0 Å². The van der Waals surface area contributed by atoms with Crippen LogP contribution in [0.1, 0.15) is 39.0 Å². The molecule has 0 atom stereocenters. The summed E-state index contributed by atoms with van der Waals surface area (Å²) in [4.78, 5) is 10.8. The van der Waals surface area contributed by atoms with Crippen molar-refractivity contribution in [1.82, 2.24) is 9.97 Å². The van der Waals surface area contributed by atoms with Gasteiger partial charge in [-0.3, -0.25) is 0 Å². The van der Waals surface area contributed by atoms with Crippen LogP contribution in [-0.2, 0) is 0 Å². The predicted octanol–water partition coefficient (Wildman–Crippen LogP) is 2.92. The fourth-order valence-electron chi connectivity index (χ4n) is 2.62. The molecule has 1 aliphatic carbocycles. The van der Waals surface area contributed by atoms with Crippen LogP contribution in [0.2, 0.25) is 0 Å². The van der Waals surface area contributed by atoms with Crippen molar-refractivity contribution in [3.8, 4) is 0 Å². The molecule has 0 amide bonds. The number of nitrogens with one attached hydrogen (secondary N) is 1. The first-order valence-electron chi connectivity index (χ1n) is 7.06. The van der Waals surface area contributed by atoms with E-state index in [2.05, 4.69) is 34.2 Å². The number of aromatic nitrogens is 2. The Morgan fingerprint density at radius 3 is 2.83 bits per heavy atom. The molecule has 0 saturated heterocycles. The Balaban J connectivity index is 1.86. The van der Waals surface area contributed by atoms with Crippen LogP contribution in [0, 0.1) is 5.92 Å². The summed E-state index contributed by atoms with van der Waals surface area (Å²) in [6, 6.07) is 2.03. The molecular formula is C14H24N4. The average Bonchev–Trinajstić information content (AvgIpc) is 2.90. The lowest BCUT2D eigenvalue weighted by molar-refractivity contribution is 0.504. The Hall–Kier alpha value is -1.32. The van der Waals surface area contributed by atoms with Crippen LogP contribution in [0.4, 0.5) is 11.6 Å². The third-order valence-electron chi connectivity index (χ3n) is 3.75. The van der Waals surface area contributed by atoms with E-state index in [9.17, 15) is 0 Å². The highest BCUT2D eigenvalue weighted by Gasteiger charge is 2.15. The summed E-state index contributed by atoms with van der Waals surface area (Å²) in [5, 5.41) is 3.22. The van der Waals surface area contributed by atoms with E-state index in [1.165, 1.54) is 32.1 Å². The summed E-state index contributed by atoms with van der Waals surface area (Å²) in [7, 11) is 2.12. The van der Waals surface area contributed by atoms with Crippen molar-refractivity contribution in [3.05, 3.63) is 12.4 Å². The van der Waals surface area contributed by atoms with Gasteiger partial charge >= 0.3 is 0 Å². The van der Waals surface area contributed by atoms with Gasteiger partial charge in [0, 0.05) is 26.2 Å². The van der Waals surface area contributed by atoms with E-state index in [0.717, 1.165) is 30.6 Å². The lowest BCUT2D eigenvalue weighted by Crippen LogP contribution is -2.21. The molecule has 1 aromatic heterocycles. The standard InChI is InChI=1S/C14H24N4/c1-3-15-13-10-14(17-11-16-13)18(2)9-8-12-6-4-5-7-12/h10-12H,3-9H2,1-2H3,(H,15,16,17). The molecule has 4 nitrogen and oxygen atoms in total. The number of hydrogen-bond donors (Lipinski definition) is 1. The fourth-order valence-corrected chi connectivity index (χ4v) is 2.62. The van der Waals surface area contributed by atoms with Gasteiger partial charge in [0.2, 0.25) is 0 Å². The third-order valence-corrected chi connectivity index (χ3v) is 3.75. The van der Waals surface area contributed by atoms with Gasteiger partial charge in [0.15, 0.2) is 0 Å². The molecule has 1 saturated carbocycles. The Kier molecular flexibility index (Phi) is 4.79. The van der Waals surface area contributed by atoms with Crippen molar-refractivity contribution in [1.29, 1.82) is 0 Å². The van der Waals surface area contributed by atoms with Gasteiger partial charge in [-0.2, -0.15) is 0 Å². The molecule has 0 spiro atoms. The molecule has 1 N–H and O–H groups in total. The van der Waals surface area contributed by atoms with E-state index in [0.29, 0.717) is 0 Å². The first-order valence-corrected chi connectivity index (χ1v) is 7.06. The second-order valence-electron chi connectivity index (χ2n) is 5.15. The van der Waals surface area contributed by atoms with Gasteiger partial charge < -0.3 is 10.2 Å². The summed E-state index contributed by atoms with van der Waals surface area (Å²) in [6.07, 6.45) is 8.61. The van der Waals surface area contributed by atoms with Crippen molar-refractivity contribution >= 4 is 11.6 Å². The van der Waals surface area contributed by atoms with Gasteiger partial charge in [-0.15, -0.1) is 0 Å². The molecule has 4 heteroatoms. The normalized spacial score (nSPS) is 15.9. The van der Waals surface area contributed by atoms with Crippen molar-refractivity contribution in [2.75, 3.05) is 30.4 Å². The molecule has 18 heavy (non-hydrogen) atoms. The average molecular weight is 248 g/mol. The second kappa shape index (κ2) is 6.57. The Morgan fingerprint density at radius 1 is 1.33 bits per heavy atom. The summed E-state index contributed by atoms with van der Waals surface area (Å²) in [6.45, 7) is 4.06. The summed E-state index contributed by atoms with van der Waals surface area (Å²) in [5.41, 5.74) is 0. The van der Waals surface area contributed by atoms with Crippen molar-refractivity contribution in [2.45, 2.75) is 39.0 Å². The maximum absolute atomic E-state index is 4.34. The molecule has 0 unspecified atom stereocenters. The summed E-state index contributed by atoms with van der Waals surface area (Å²) < 4.78 is 0. The summed E-state index contributed by atoms with van der Waals surface area (Å²) in [5.74, 6) is 2.86. The molecule has 1 heterocycles. The summed E-state index contributed by atoms with van der Waals surface area (Å²) >= 11 is 0. The van der Waals surface area contributed by atoms with Gasteiger partial charge in [0.1, 0.15) is 18.0 Å². The number of rotatable bonds is 6. The molecule has 100 valence electrons. The molecule has 0 aliphatic heterocycles. The van der Waals surface area contributed by atoms with Gasteiger partial charge in [-0.1, -0.05) is 25.7 Å². The Morgan fingerprint density at radius 2 is 2.11 bits per heavy atom. The molecule has 0 aromatic carbocycles. The highest BCUT2D eigenvalue weighted by atomic mass is 15.2. The minimum Gasteiger partial charge on any atom is -0.370 e. The van der Waals surface area contributed by atoms with Crippen LogP contribution in [-0.4, -0.2) is 30.1 Å². The second-order valence-corrected chi connectivity index (χ2v) is 5.15. The fraction of sp³-hybridized carbons (Fsp3) is 0.714. The van der Waals surface area contributed by atoms with Gasteiger partial charge in [0.05, 0.1) is 0 Å². The lowest BCUT2D eigenvalue weighted by atomic mass is 10.0. The van der Waals surface area contributed by atoms with Crippen LogP contribution in [0.25, 0.3) is 0 Å². The lowest BCUT2D eigenvalue weighted by Gasteiger charge is -2.20. The number of hydrogen-bond acceptors (Lipinski definition) is 4. The van der Waals surface area contributed by atoms with Crippen LogP contribution < -0.4 is 10.2 Å². The van der Waals surface area contributed by atoms with E-state index in [4.69, 9.17) is 0 Å². The Bertz CT molecular complexity index is 361. The first-order chi connectivity index (χ1) is 8.79.